The van der Waals surface area contributed by atoms with Crippen LogP contribution in [0.4, 0.5) is 0 Å². The van der Waals surface area contributed by atoms with Crippen molar-refractivity contribution in [1.29, 1.82) is 0 Å². The lowest BCUT2D eigenvalue weighted by Crippen LogP contribution is -2.27. The summed E-state index contributed by atoms with van der Waals surface area (Å²) in [5, 5.41) is 9.62. The van der Waals surface area contributed by atoms with Gasteiger partial charge in [0.1, 0.15) is 6.10 Å². The molecule has 0 spiro atoms. The molecule has 0 bridgehead atoms. The molecule has 0 amide bonds. The minimum atomic E-state index is -0.552. The second-order valence-corrected chi connectivity index (χ2v) is 14.7. The Hall–Kier alpha value is -2.43. The number of esters is 1. The molecule has 54 heavy (non-hydrogen) atoms. The molecule has 0 aliphatic carbocycles. The van der Waals surface area contributed by atoms with Gasteiger partial charge in [0.2, 0.25) is 0 Å². The van der Waals surface area contributed by atoms with E-state index < -0.39 is 6.10 Å². The maximum Gasteiger partial charge on any atom is 0.306 e. The van der Waals surface area contributed by atoms with Crippen LogP contribution in [0.1, 0.15) is 200 Å². The number of hydrogen-bond donors (Lipinski definition) is 1. The van der Waals surface area contributed by atoms with Crippen LogP contribution in [0.3, 0.4) is 0 Å². The van der Waals surface area contributed by atoms with Crippen LogP contribution < -0.4 is 0 Å². The number of unbranched alkanes of at least 4 members (excludes halogenated alkanes) is 19. The largest absolute Gasteiger partial charge is 0.457 e. The van der Waals surface area contributed by atoms with Gasteiger partial charge in [0.25, 0.3) is 0 Å². The zero-order chi connectivity index (χ0) is 39.1. The summed E-state index contributed by atoms with van der Waals surface area (Å²) >= 11 is 0. The van der Waals surface area contributed by atoms with Gasteiger partial charge < -0.3 is 14.6 Å². The SMILES string of the molecule is CC/C=C\C/C=C\C/C=C\C/C=C\C/C=C\C/C=C\CCCCCCCOCC(CO)OC(=O)CCCCCCCCC/C=C\CCCCCCCCC. The Balaban J connectivity index is 3.52. The van der Waals surface area contributed by atoms with Gasteiger partial charge in [-0.1, -0.05) is 189 Å². The van der Waals surface area contributed by atoms with Crippen LogP contribution in [0.5, 0.6) is 0 Å². The van der Waals surface area contributed by atoms with E-state index >= 15 is 0 Å². The molecular formula is C50H86O4. The number of aliphatic hydroxyl groups excluding tert-OH is 1. The first-order chi connectivity index (χ1) is 26.7. The molecular weight excluding hydrogens is 665 g/mol. The molecule has 0 heterocycles. The number of hydrogen-bond acceptors (Lipinski definition) is 4. The second-order valence-electron chi connectivity index (χ2n) is 14.7. The van der Waals surface area contributed by atoms with E-state index in [1.165, 1.54) is 109 Å². The van der Waals surface area contributed by atoms with E-state index in [-0.39, 0.29) is 19.2 Å². The van der Waals surface area contributed by atoms with Crippen molar-refractivity contribution < 1.29 is 19.4 Å². The molecule has 0 fully saturated rings. The molecule has 0 aromatic rings. The molecule has 0 aromatic carbocycles. The number of ether oxygens (including phenoxy) is 2. The molecule has 4 heteroatoms. The standard InChI is InChI=1S/C50H86O4/c1-3-5-7-9-11-13-15-17-19-21-23-24-25-26-27-28-30-32-34-36-38-40-42-44-46-53-48-49(47-51)54-50(52)45-43-41-39-37-35-33-31-29-22-20-18-16-14-12-10-8-6-4-2/h5,7,11,13,17,19-20,22-24,26-27,30,32,49,51H,3-4,6,8-10,12,14-16,18,21,25,28-29,31,33-48H2,1-2H3/b7-5-,13-11-,19-17-,22-20-,24-23-,27-26-,32-30-. The summed E-state index contributed by atoms with van der Waals surface area (Å²) < 4.78 is 11.2. The van der Waals surface area contributed by atoms with Gasteiger partial charge in [0.05, 0.1) is 13.2 Å². The summed E-state index contributed by atoms with van der Waals surface area (Å²) in [6, 6.07) is 0. The van der Waals surface area contributed by atoms with E-state index in [9.17, 15) is 9.90 Å². The van der Waals surface area contributed by atoms with Crippen LogP contribution in [0.15, 0.2) is 85.1 Å². The third-order valence-electron chi connectivity index (χ3n) is 9.45. The van der Waals surface area contributed by atoms with Crippen LogP contribution in [0.2, 0.25) is 0 Å². The summed E-state index contributed by atoms with van der Waals surface area (Å²) in [5.74, 6) is -0.215. The molecule has 0 aliphatic heterocycles. The average Bonchev–Trinajstić information content (AvgIpc) is 3.18. The van der Waals surface area contributed by atoms with Crippen molar-refractivity contribution in [2.24, 2.45) is 0 Å². The van der Waals surface area contributed by atoms with Crippen molar-refractivity contribution in [3.63, 3.8) is 0 Å². The number of carbonyl (C=O) groups excluding carboxylic acids is 1. The van der Waals surface area contributed by atoms with Gasteiger partial charge in [-0.25, -0.2) is 0 Å². The van der Waals surface area contributed by atoms with Crippen molar-refractivity contribution in [2.75, 3.05) is 19.8 Å². The minimum absolute atomic E-state index is 0.186. The Morgan fingerprint density at radius 2 is 0.833 bits per heavy atom. The van der Waals surface area contributed by atoms with Crippen molar-refractivity contribution >= 4 is 5.97 Å². The number of allylic oxidation sites excluding steroid dienone is 14. The molecule has 4 nitrogen and oxygen atoms in total. The van der Waals surface area contributed by atoms with Crippen molar-refractivity contribution in [3.8, 4) is 0 Å². The first-order valence-corrected chi connectivity index (χ1v) is 22.7. The van der Waals surface area contributed by atoms with Crippen molar-refractivity contribution in [2.45, 2.75) is 206 Å². The fourth-order valence-corrected chi connectivity index (χ4v) is 6.09. The smallest absolute Gasteiger partial charge is 0.306 e. The van der Waals surface area contributed by atoms with Crippen LogP contribution in [0.25, 0.3) is 0 Å². The van der Waals surface area contributed by atoms with Gasteiger partial charge in [0, 0.05) is 13.0 Å². The summed E-state index contributed by atoms with van der Waals surface area (Å²) in [5.41, 5.74) is 0. The Labute approximate surface area is 335 Å². The maximum atomic E-state index is 12.2. The fraction of sp³-hybridized carbons (Fsp3) is 0.700. The van der Waals surface area contributed by atoms with Crippen LogP contribution in [-0.2, 0) is 14.3 Å². The Kier molecular flexibility index (Phi) is 44.6. The Bertz CT molecular complexity index is 969. The summed E-state index contributed by atoms with van der Waals surface area (Å²) in [7, 11) is 0. The van der Waals surface area contributed by atoms with Gasteiger partial charge in [0.15, 0.2) is 0 Å². The van der Waals surface area contributed by atoms with Gasteiger partial charge in [-0.3, -0.25) is 4.79 Å². The van der Waals surface area contributed by atoms with Gasteiger partial charge in [-0.2, -0.15) is 0 Å². The predicted octanol–water partition coefficient (Wildman–Crippen LogP) is 15.2. The fourth-order valence-electron chi connectivity index (χ4n) is 6.09. The zero-order valence-electron chi connectivity index (χ0n) is 35.5. The topological polar surface area (TPSA) is 55.8 Å². The molecule has 1 N–H and O–H groups in total. The lowest BCUT2D eigenvalue weighted by Gasteiger charge is -2.15. The van der Waals surface area contributed by atoms with Gasteiger partial charge in [-0.15, -0.1) is 0 Å². The summed E-state index contributed by atoms with van der Waals surface area (Å²) in [6.45, 7) is 5.18. The zero-order valence-corrected chi connectivity index (χ0v) is 35.5. The number of rotatable bonds is 41. The molecule has 310 valence electrons. The first kappa shape index (κ1) is 51.6. The van der Waals surface area contributed by atoms with Crippen LogP contribution in [0, 0.1) is 0 Å². The number of aliphatic hydroxyl groups is 1. The molecule has 1 unspecified atom stereocenters. The summed E-state index contributed by atoms with van der Waals surface area (Å²) in [6.07, 6.45) is 65.0. The quantitative estimate of drug-likeness (QED) is 0.0384. The predicted molar refractivity (Wildman–Crippen MR) is 237 cm³/mol. The maximum absolute atomic E-state index is 12.2. The second kappa shape index (κ2) is 46.7. The molecule has 1 atom stereocenters. The lowest BCUT2D eigenvalue weighted by atomic mass is 10.1. The molecule has 0 saturated heterocycles. The monoisotopic (exact) mass is 751 g/mol. The number of carbonyl (C=O) groups is 1. The first-order valence-electron chi connectivity index (χ1n) is 22.7. The van der Waals surface area contributed by atoms with E-state index in [1.807, 2.05) is 0 Å². The highest BCUT2D eigenvalue weighted by Crippen LogP contribution is 2.13. The van der Waals surface area contributed by atoms with Crippen LogP contribution in [-0.4, -0.2) is 37.0 Å². The third kappa shape index (κ3) is 44.0. The molecule has 0 aliphatic rings. The van der Waals surface area contributed by atoms with Crippen molar-refractivity contribution in [1.82, 2.24) is 0 Å². The van der Waals surface area contributed by atoms with E-state index in [1.54, 1.807) is 0 Å². The van der Waals surface area contributed by atoms with E-state index in [4.69, 9.17) is 9.47 Å². The Morgan fingerprint density at radius 1 is 0.463 bits per heavy atom. The molecule has 0 saturated carbocycles. The van der Waals surface area contributed by atoms with Crippen LogP contribution >= 0.6 is 0 Å². The minimum Gasteiger partial charge on any atom is -0.457 e. The molecule has 0 aromatic heterocycles. The van der Waals surface area contributed by atoms with Crippen molar-refractivity contribution in [3.05, 3.63) is 85.1 Å². The lowest BCUT2D eigenvalue weighted by molar-refractivity contribution is -0.154. The highest BCUT2D eigenvalue weighted by atomic mass is 16.6. The van der Waals surface area contributed by atoms with Gasteiger partial charge >= 0.3 is 5.97 Å². The van der Waals surface area contributed by atoms with Gasteiger partial charge in [-0.05, 0) is 89.9 Å². The highest BCUT2D eigenvalue weighted by Gasteiger charge is 2.13. The molecule has 0 rings (SSSR count). The van der Waals surface area contributed by atoms with E-state index in [2.05, 4.69) is 98.9 Å². The third-order valence-corrected chi connectivity index (χ3v) is 9.45. The average molecular weight is 751 g/mol. The molecule has 0 radical (unpaired) electrons. The normalized spacial score (nSPS) is 13.2. The van der Waals surface area contributed by atoms with E-state index in [0.717, 1.165) is 70.6 Å². The van der Waals surface area contributed by atoms with E-state index in [0.29, 0.717) is 13.0 Å². The highest BCUT2D eigenvalue weighted by molar-refractivity contribution is 5.69. The summed E-state index contributed by atoms with van der Waals surface area (Å²) in [4.78, 5) is 12.2. The Morgan fingerprint density at radius 3 is 1.28 bits per heavy atom.